The minimum atomic E-state index is -0.132. The van der Waals surface area contributed by atoms with Crippen LogP contribution in [0.4, 0.5) is 5.69 Å². The third-order valence-corrected chi connectivity index (χ3v) is 3.13. The zero-order chi connectivity index (χ0) is 14.0. The van der Waals surface area contributed by atoms with Crippen molar-refractivity contribution in [2.75, 3.05) is 5.32 Å². The fraction of sp³-hybridized carbons (Fsp3) is 0.250. The molecular weight excluding hydrogens is 287 g/mol. The number of anilines is 1. The predicted octanol–water partition coefficient (Wildman–Crippen LogP) is 3.17. The maximum atomic E-state index is 11.7. The van der Waals surface area contributed by atoms with Gasteiger partial charge < -0.3 is 5.32 Å². The largest absolute Gasteiger partial charge is 0.324 e. The Morgan fingerprint density at radius 2 is 1.84 bits per heavy atom. The normalized spacial score (nSPS) is 10.8. The molecule has 1 amide bonds. The molecule has 7 heteroatoms. The molecule has 0 radical (unpaired) electrons. The number of amides is 1. The molecule has 2 aromatic rings. The number of nitrogens with zero attached hydrogens (tertiary/aromatic N) is 3. The van der Waals surface area contributed by atoms with Crippen LogP contribution < -0.4 is 5.32 Å². The molecule has 19 heavy (non-hydrogen) atoms. The number of benzene rings is 1. The summed E-state index contributed by atoms with van der Waals surface area (Å²) in [4.78, 5) is 11.7. The summed E-state index contributed by atoms with van der Waals surface area (Å²) >= 11 is 12.3. The predicted molar refractivity (Wildman–Crippen MR) is 74.8 cm³/mol. The molecule has 0 aliphatic rings. The molecule has 1 aromatic heterocycles. The first-order valence-electron chi connectivity index (χ1n) is 5.64. The van der Waals surface area contributed by atoms with Gasteiger partial charge in [0.2, 0.25) is 5.91 Å². The van der Waals surface area contributed by atoms with Crippen LogP contribution in [-0.2, 0) is 4.79 Å². The zero-order valence-electron chi connectivity index (χ0n) is 10.4. The lowest BCUT2D eigenvalue weighted by molar-refractivity contribution is -0.118. The topological polar surface area (TPSA) is 59.8 Å². The lowest BCUT2D eigenvalue weighted by atomic mass is 10.2. The first kappa shape index (κ1) is 13.8. The van der Waals surface area contributed by atoms with Crippen molar-refractivity contribution in [1.29, 1.82) is 0 Å². The Labute approximate surface area is 120 Å². The minimum absolute atomic E-state index is 0.116. The molecule has 0 saturated carbocycles. The Kier molecular flexibility index (Phi) is 4.07. The number of carbonyl (C=O) groups is 1. The zero-order valence-corrected chi connectivity index (χ0v) is 11.9. The molecule has 0 aliphatic heterocycles. The van der Waals surface area contributed by atoms with E-state index in [0.29, 0.717) is 21.4 Å². The maximum Gasteiger partial charge on any atom is 0.226 e. The van der Waals surface area contributed by atoms with Crippen LogP contribution in [0.25, 0.3) is 5.69 Å². The van der Waals surface area contributed by atoms with E-state index in [0.717, 1.165) is 0 Å². The highest BCUT2D eigenvalue weighted by atomic mass is 35.5. The summed E-state index contributed by atoms with van der Waals surface area (Å²) in [5, 5.41) is 11.0. The number of rotatable bonds is 3. The Balaban J connectivity index is 2.35. The maximum absolute atomic E-state index is 11.7. The van der Waals surface area contributed by atoms with E-state index in [-0.39, 0.29) is 11.8 Å². The summed E-state index contributed by atoms with van der Waals surface area (Å²) < 4.78 is 1.64. The second kappa shape index (κ2) is 5.59. The molecule has 1 N–H and O–H groups in total. The molecule has 1 aromatic carbocycles. The first-order chi connectivity index (χ1) is 8.99. The average Bonchev–Trinajstić information content (AvgIpc) is 2.86. The highest BCUT2D eigenvalue weighted by molar-refractivity contribution is 6.37. The van der Waals surface area contributed by atoms with E-state index >= 15 is 0 Å². The van der Waals surface area contributed by atoms with Gasteiger partial charge in [-0.05, 0) is 12.1 Å². The van der Waals surface area contributed by atoms with Gasteiger partial charge >= 0.3 is 0 Å². The Hall–Kier alpha value is -1.59. The van der Waals surface area contributed by atoms with Gasteiger partial charge in [0.25, 0.3) is 0 Å². The number of nitrogens with one attached hydrogen (secondary N) is 1. The summed E-state index contributed by atoms with van der Waals surface area (Å²) in [6, 6.07) is 3.27. The molecular formula is C12H12Cl2N4O. The summed E-state index contributed by atoms with van der Waals surface area (Å²) in [5.41, 5.74) is 1.14. The van der Waals surface area contributed by atoms with Crippen LogP contribution in [0.5, 0.6) is 0 Å². The quantitative estimate of drug-likeness (QED) is 0.947. The first-order valence-corrected chi connectivity index (χ1v) is 6.39. The molecule has 0 bridgehead atoms. The summed E-state index contributed by atoms with van der Waals surface area (Å²) in [6.45, 7) is 3.60. The van der Waals surface area contributed by atoms with Crippen molar-refractivity contribution < 1.29 is 4.79 Å². The van der Waals surface area contributed by atoms with Gasteiger partial charge in [0.05, 0.1) is 21.4 Å². The Morgan fingerprint density at radius 1 is 1.21 bits per heavy atom. The molecule has 0 saturated heterocycles. The standard InChI is InChI=1S/C12H12Cl2N4O/c1-7(2)12(19)17-10-3-9(14)11(4-8(10)13)18-5-15-16-6-18/h3-7H,1-2H3,(H,17,19). The Morgan fingerprint density at radius 3 is 2.42 bits per heavy atom. The van der Waals surface area contributed by atoms with Crippen LogP contribution >= 0.6 is 23.2 Å². The molecule has 100 valence electrons. The van der Waals surface area contributed by atoms with Crippen molar-refractivity contribution in [3.8, 4) is 5.69 Å². The van der Waals surface area contributed by atoms with Crippen molar-refractivity contribution in [3.63, 3.8) is 0 Å². The molecule has 2 rings (SSSR count). The van der Waals surface area contributed by atoms with Gasteiger partial charge in [0.15, 0.2) is 0 Å². The molecule has 0 fully saturated rings. The van der Waals surface area contributed by atoms with Crippen LogP contribution in [0.15, 0.2) is 24.8 Å². The molecule has 1 heterocycles. The second-order valence-electron chi connectivity index (χ2n) is 4.30. The smallest absolute Gasteiger partial charge is 0.226 e. The van der Waals surface area contributed by atoms with Crippen LogP contribution in [0.1, 0.15) is 13.8 Å². The van der Waals surface area contributed by atoms with E-state index in [1.807, 2.05) is 0 Å². The molecule has 0 aliphatic carbocycles. The number of hydrogen-bond acceptors (Lipinski definition) is 3. The summed E-state index contributed by atoms with van der Waals surface area (Å²) in [6.07, 6.45) is 3.04. The van der Waals surface area contributed by atoms with Crippen molar-refractivity contribution in [2.24, 2.45) is 5.92 Å². The fourth-order valence-corrected chi connectivity index (χ4v) is 1.90. The van der Waals surface area contributed by atoms with Gasteiger partial charge in [-0.2, -0.15) is 0 Å². The van der Waals surface area contributed by atoms with Gasteiger partial charge in [0.1, 0.15) is 12.7 Å². The highest BCUT2D eigenvalue weighted by Crippen LogP contribution is 2.31. The van der Waals surface area contributed by atoms with Crippen molar-refractivity contribution in [2.45, 2.75) is 13.8 Å². The SMILES string of the molecule is CC(C)C(=O)Nc1cc(Cl)c(-n2cnnc2)cc1Cl. The number of hydrogen-bond donors (Lipinski definition) is 1. The van der Waals surface area contributed by atoms with Crippen molar-refractivity contribution >= 4 is 34.8 Å². The van der Waals surface area contributed by atoms with E-state index in [9.17, 15) is 4.79 Å². The molecule has 0 spiro atoms. The van der Waals surface area contributed by atoms with Crippen LogP contribution in [0, 0.1) is 5.92 Å². The minimum Gasteiger partial charge on any atom is -0.324 e. The molecule has 0 atom stereocenters. The summed E-state index contributed by atoms with van der Waals surface area (Å²) in [5.74, 6) is -0.248. The third-order valence-electron chi connectivity index (χ3n) is 2.52. The monoisotopic (exact) mass is 298 g/mol. The summed E-state index contributed by atoms with van der Waals surface area (Å²) in [7, 11) is 0. The number of carbonyl (C=O) groups excluding carboxylic acids is 1. The van der Waals surface area contributed by atoms with Crippen molar-refractivity contribution in [1.82, 2.24) is 14.8 Å². The van der Waals surface area contributed by atoms with Crippen LogP contribution in [0.3, 0.4) is 0 Å². The number of halogens is 2. The van der Waals surface area contributed by atoms with Crippen molar-refractivity contribution in [3.05, 3.63) is 34.8 Å². The third kappa shape index (κ3) is 3.05. The highest BCUT2D eigenvalue weighted by Gasteiger charge is 2.13. The number of aromatic nitrogens is 3. The van der Waals surface area contributed by atoms with Gasteiger partial charge in [-0.25, -0.2) is 0 Å². The van der Waals surface area contributed by atoms with Gasteiger partial charge in [-0.15, -0.1) is 10.2 Å². The van der Waals surface area contributed by atoms with Gasteiger partial charge in [-0.1, -0.05) is 37.0 Å². The van der Waals surface area contributed by atoms with E-state index in [4.69, 9.17) is 23.2 Å². The molecule has 0 unspecified atom stereocenters. The Bertz CT molecular complexity index is 596. The second-order valence-corrected chi connectivity index (χ2v) is 5.11. The van der Waals surface area contributed by atoms with E-state index in [1.165, 1.54) is 12.7 Å². The average molecular weight is 299 g/mol. The lowest BCUT2D eigenvalue weighted by Gasteiger charge is -2.12. The van der Waals surface area contributed by atoms with E-state index in [2.05, 4.69) is 15.5 Å². The van der Waals surface area contributed by atoms with E-state index in [1.54, 1.807) is 30.5 Å². The van der Waals surface area contributed by atoms with E-state index < -0.39 is 0 Å². The fourth-order valence-electron chi connectivity index (χ4n) is 1.43. The lowest BCUT2D eigenvalue weighted by Crippen LogP contribution is -2.18. The van der Waals surface area contributed by atoms with Gasteiger partial charge in [0, 0.05) is 5.92 Å². The van der Waals surface area contributed by atoms with Gasteiger partial charge in [-0.3, -0.25) is 9.36 Å². The van der Waals surface area contributed by atoms with Crippen LogP contribution in [-0.4, -0.2) is 20.7 Å². The molecule has 5 nitrogen and oxygen atoms in total. The van der Waals surface area contributed by atoms with Crippen LogP contribution in [0.2, 0.25) is 10.0 Å².